The third kappa shape index (κ3) is 6.44. The van der Waals surface area contributed by atoms with E-state index in [0.29, 0.717) is 22.2 Å². The maximum Gasteiger partial charge on any atom is 0.228 e. The second kappa shape index (κ2) is 12.9. The van der Waals surface area contributed by atoms with Crippen LogP contribution in [0.15, 0.2) is 83.7 Å². The molecule has 0 aliphatic heterocycles. The topological polar surface area (TPSA) is 83.7 Å². The number of H-pyrrole nitrogens is 1. The van der Waals surface area contributed by atoms with Crippen LogP contribution in [-0.4, -0.2) is 43.6 Å². The number of carbonyl (C=O) groups excluding carboxylic acids is 1. The Morgan fingerprint density at radius 1 is 0.881 bits per heavy atom. The average molecular weight is 568 g/mol. The Morgan fingerprint density at radius 3 is 2.31 bits per heavy atom. The molecule has 0 saturated heterocycles. The van der Waals surface area contributed by atoms with Crippen molar-refractivity contribution < 1.29 is 18.7 Å². The van der Waals surface area contributed by atoms with Gasteiger partial charge in [0.1, 0.15) is 5.82 Å². The molecule has 1 aromatic heterocycles. The summed E-state index contributed by atoms with van der Waals surface area (Å²) < 4.78 is 25.1. The van der Waals surface area contributed by atoms with E-state index in [4.69, 9.17) is 9.47 Å². The van der Waals surface area contributed by atoms with Crippen molar-refractivity contribution in [3.05, 3.63) is 112 Å². The maximum atomic E-state index is 14.4. The Bertz CT molecular complexity index is 1780. The number of benzene rings is 4. The van der Waals surface area contributed by atoms with Gasteiger partial charge in [0.25, 0.3) is 0 Å². The number of ether oxygens (including phenoxy) is 2. The fourth-order valence-electron chi connectivity index (χ4n) is 5.25. The first-order valence-corrected chi connectivity index (χ1v) is 13.9. The second-order valence-electron chi connectivity index (χ2n) is 10.4. The molecule has 5 rings (SSSR count). The molecule has 42 heavy (non-hydrogen) atoms. The molecule has 0 bridgehead atoms. The van der Waals surface area contributed by atoms with Crippen molar-refractivity contribution in [2.24, 2.45) is 0 Å². The first-order valence-electron chi connectivity index (χ1n) is 13.9. The number of amides is 1. The van der Waals surface area contributed by atoms with Crippen LogP contribution in [0.2, 0.25) is 0 Å². The number of hydrogen-bond donors (Lipinski definition) is 2. The van der Waals surface area contributed by atoms with Gasteiger partial charge in [0.2, 0.25) is 5.91 Å². The van der Waals surface area contributed by atoms with Crippen LogP contribution in [-0.2, 0) is 24.2 Å². The van der Waals surface area contributed by atoms with Gasteiger partial charge in [0.15, 0.2) is 16.9 Å². The van der Waals surface area contributed by atoms with E-state index < -0.39 is 5.82 Å². The predicted octanol–water partition coefficient (Wildman–Crippen LogP) is 6.08. The predicted molar refractivity (Wildman–Crippen MR) is 165 cm³/mol. The Balaban J connectivity index is 1.16. The number of aromatic amines is 1. The molecule has 0 aliphatic carbocycles. The highest BCUT2D eigenvalue weighted by Crippen LogP contribution is 2.28. The molecule has 1 amide bonds. The Kier molecular flexibility index (Phi) is 8.83. The summed E-state index contributed by atoms with van der Waals surface area (Å²) in [6, 6.07) is 23.4. The van der Waals surface area contributed by atoms with Gasteiger partial charge in [-0.15, -0.1) is 0 Å². The molecule has 4 aromatic carbocycles. The summed E-state index contributed by atoms with van der Waals surface area (Å²) in [4.78, 5) is 31.2. The zero-order valence-corrected chi connectivity index (χ0v) is 24.0. The minimum Gasteiger partial charge on any atom is -0.493 e. The van der Waals surface area contributed by atoms with Crippen LogP contribution in [0.1, 0.15) is 23.1 Å². The van der Waals surface area contributed by atoms with E-state index in [1.807, 2.05) is 42.5 Å². The highest BCUT2D eigenvalue weighted by atomic mass is 19.1. The number of anilines is 1. The summed E-state index contributed by atoms with van der Waals surface area (Å²) in [6.07, 6.45) is 1.95. The Labute approximate surface area is 243 Å². The van der Waals surface area contributed by atoms with Gasteiger partial charge in [-0.3, -0.25) is 9.59 Å². The van der Waals surface area contributed by atoms with Gasteiger partial charge < -0.3 is 24.7 Å². The lowest BCUT2D eigenvalue weighted by Gasteiger charge is -2.18. The Morgan fingerprint density at radius 2 is 1.57 bits per heavy atom. The molecule has 8 heteroatoms. The maximum absolute atomic E-state index is 14.4. The van der Waals surface area contributed by atoms with Gasteiger partial charge in [-0.2, -0.15) is 0 Å². The van der Waals surface area contributed by atoms with Crippen molar-refractivity contribution >= 4 is 33.4 Å². The molecular weight excluding hydrogens is 533 g/mol. The summed E-state index contributed by atoms with van der Waals surface area (Å²) in [6.45, 7) is 1.74. The van der Waals surface area contributed by atoms with E-state index in [0.717, 1.165) is 43.0 Å². The van der Waals surface area contributed by atoms with Crippen molar-refractivity contribution in [2.75, 3.05) is 33.1 Å². The summed E-state index contributed by atoms with van der Waals surface area (Å²) in [5.74, 6) is 0.724. The molecule has 7 nitrogen and oxygen atoms in total. The quantitative estimate of drug-likeness (QED) is 0.189. The fraction of sp³-hybridized carbons (Fsp3) is 0.235. The van der Waals surface area contributed by atoms with E-state index in [-0.39, 0.29) is 28.7 Å². The molecule has 0 fully saturated rings. The second-order valence-corrected chi connectivity index (χ2v) is 10.4. The summed E-state index contributed by atoms with van der Waals surface area (Å²) >= 11 is 0. The zero-order valence-electron chi connectivity index (χ0n) is 24.0. The van der Waals surface area contributed by atoms with Crippen molar-refractivity contribution in [1.29, 1.82) is 0 Å². The highest BCUT2D eigenvalue weighted by molar-refractivity contribution is 5.98. The van der Waals surface area contributed by atoms with Gasteiger partial charge in [-0.05, 0) is 85.6 Å². The number of aromatic nitrogens is 1. The smallest absolute Gasteiger partial charge is 0.228 e. The number of halogens is 1. The molecule has 0 aliphatic rings. The minimum atomic E-state index is -0.504. The number of fused-ring (bicyclic) bond motifs is 2. The number of methoxy groups -OCH3 is 2. The van der Waals surface area contributed by atoms with Gasteiger partial charge in [-0.1, -0.05) is 36.4 Å². The van der Waals surface area contributed by atoms with E-state index in [9.17, 15) is 14.0 Å². The van der Waals surface area contributed by atoms with Gasteiger partial charge in [0, 0.05) is 23.0 Å². The lowest BCUT2D eigenvalue weighted by molar-refractivity contribution is -0.115. The molecule has 0 unspecified atom stereocenters. The minimum absolute atomic E-state index is 0.0431. The van der Waals surface area contributed by atoms with Crippen molar-refractivity contribution in [1.82, 2.24) is 9.88 Å². The van der Waals surface area contributed by atoms with Gasteiger partial charge in [0.05, 0.1) is 31.7 Å². The van der Waals surface area contributed by atoms with E-state index in [1.165, 1.54) is 17.7 Å². The molecule has 5 aromatic rings. The third-order valence-corrected chi connectivity index (χ3v) is 7.40. The van der Waals surface area contributed by atoms with Gasteiger partial charge in [-0.25, -0.2) is 4.39 Å². The van der Waals surface area contributed by atoms with Crippen molar-refractivity contribution in [3.63, 3.8) is 0 Å². The first-order chi connectivity index (χ1) is 20.4. The number of nitrogens with one attached hydrogen (secondary N) is 2. The van der Waals surface area contributed by atoms with Crippen LogP contribution >= 0.6 is 0 Å². The molecular formula is C34H34FN3O4. The lowest BCUT2D eigenvalue weighted by atomic mass is 10.0. The average Bonchev–Trinajstić information content (AvgIpc) is 2.99. The van der Waals surface area contributed by atoms with Crippen LogP contribution in [0.3, 0.4) is 0 Å². The SMILES string of the molecule is COc1ccc(CN(C)CCCc2ccc(NC(=O)Cc3cccc4c(=O)c5cccc(F)c5[nH]c34)cc2)cc1OC. The number of pyridine rings is 1. The lowest BCUT2D eigenvalue weighted by Crippen LogP contribution is -2.19. The standard InChI is InChI=1S/C34H34FN3O4/c1-38(21-23-14-17-29(41-2)30(19-23)42-3)18-6-7-22-12-15-25(16-13-22)36-31(39)20-24-8-4-9-26-32(24)37-33-27(34(26)40)10-5-11-28(33)35/h4-5,8-17,19H,6-7,18,20-21H2,1-3H3,(H,36,39)(H,37,40). The van der Waals surface area contributed by atoms with Crippen molar-refractivity contribution in [3.8, 4) is 11.5 Å². The van der Waals surface area contributed by atoms with Crippen LogP contribution in [0.25, 0.3) is 21.8 Å². The van der Waals surface area contributed by atoms with E-state index >= 15 is 0 Å². The molecule has 2 N–H and O–H groups in total. The molecule has 0 radical (unpaired) electrons. The summed E-state index contributed by atoms with van der Waals surface area (Å²) in [7, 11) is 5.37. The Hall–Kier alpha value is -4.69. The summed E-state index contributed by atoms with van der Waals surface area (Å²) in [5, 5.41) is 3.65. The summed E-state index contributed by atoms with van der Waals surface area (Å²) in [5.41, 5.74) is 4.02. The fourth-order valence-corrected chi connectivity index (χ4v) is 5.25. The molecule has 1 heterocycles. The van der Waals surface area contributed by atoms with Crippen LogP contribution in [0, 0.1) is 5.82 Å². The largest absolute Gasteiger partial charge is 0.493 e. The monoisotopic (exact) mass is 567 g/mol. The number of aryl methyl sites for hydroxylation is 1. The molecule has 216 valence electrons. The third-order valence-electron chi connectivity index (χ3n) is 7.40. The van der Waals surface area contributed by atoms with E-state index in [1.54, 1.807) is 38.5 Å². The number of para-hydroxylation sites is 2. The van der Waals surface area contributed by atoms with Crippen LogP contribution in [0.4, 0.5) is 10.1 Å². The van der Waals surface area contributed by atoms with E-state index in [2.05, 4.69) is 22.2 Å². The van der Waals surface area contributed by atoms with Crippen LogP contribution < -0.4 is 20.2 Å². The van der Waals surface area contributed by atoms with Gasteiger partial charge >= 0.3 is 0 Å². The number of rotatable bonds is 11. The first kappa shape index (κ1) is 28.8. The number of carbonyl (C=O) groups is 1. The zero-order chi connectivity index (χ0) is 29.6. The number of nitrogens with zero attached hydrogens (tertiary/aromatic N) is 1. The molecule has 0 atom stereocenters. The van der Waals surface area contributed by atoms with Crippen molar-refractivity contribution in [2.45, 2.75) is 25.8 Å². The molecule has 0 spiro atoms. The number of hydrogen-bond acceptors (Lipinski definition) is 5. The van der Waals surface area contributed by atoms with Crippen LogP contribution in [0.5, 0.6) is 11.5 Å². The molecule has 0 saturated carbocycles. The normalized spacial score (nSPS) is 11.3. The highest BCUT2D eigenvalue weighted by Gasteiger charge is 2.14.